The van der Waals surface area contributed by atoms with Crippen LogP contribution in [0.25, 0.3) is 5.57 Å². The fourth-order valence-electron chi connectivity index (χ4n) is 2.29. The summed E-state index contributed by atoms with van der Waals surface area (Å²) in [6, 6.07) is 6.69. The van der Waals surface area contributed by atoms with Crippen LogP contribution in [0.3, 0.4) is 0 Å². The van der Waals surface area contributed by atoms with Gasteiger partial charge in [-0.15, -0.1) is 6.58 Å². The molecule has 19 heavy (non-hydrogen) atoms. The number of para-hydroxylation sites is 1. The van der Waals surface area contributed by atoms with E-state index in [1.54, 1.807) is 6.08 Å². The van der Waals surface area contributed by atoms with Gasteiger partial charge in [-0.1, -0.05) is 36.9 Å². The molecular weight excluding hydrogens is 234 g/mol. The normalized spacial score (nSPS) is 23.4. The lowest BCUT2D eigenvalue weighted by molar-refractivity contribution is 0.279. The van der Waals surface area contributed by atoms with E-state index < -0.39 is 6.10 Å². The lowest BCUT2D eigenvalue weighted by atomic mass is 9.90. The van der Waals surface area contributed by atoms with Gasteiger partial charge in [-0.25, -0.2) is 0 Å². The van der Waals surface area contributed by atoms with Crippen LogP contribution in [-0.2, 0) is 0 Å². The van der Waals surface area contributed by atoms with Crippen molar-refractivity contribution in [2.24, 2.45) is 0 Å². The van der Waals surface area contributed by atoms with E-state index in [1.165, 1.54) is 0 Å². The number of rotatable bonds is 3. The van der Waals surface area contributed by atoms with Crippen molar-refractivity contribution in [3.63, 3.8) is 0 Å². The molecule has 1 aliphatic rings. The van der Waals surface area contributed by atoms with Crippen molar-refractivity contribution < 1.29 is 10.2 Å². The minimum atomic E-state index is -0.489. The summed E-state index contributed by atoms with van der Waals surface area (Å²) in [6.45, 7) is 7.82. The third-order valence-electron chi connectivity index (χ3n) is 3.23. The van der Waals surface area contributed by atoms with Gasteiger partial charge < -0.3 is 4.74 Å². The summed E-state index contributed by atoms with van der Waals surface area (Å²) < 4.78 is 37.0. The largest absolute Gasteiger partial charge is 0.484 e. The lowest BCUT2D eigenvalue weighted by Crippen LogP contribution is -2.19. The molecule has 0 amide bonds. The first kappa shape index (κ1) is 7.95. The molecule has 94 valence electrons. The predicted molar refractivity (Wildman–Crippen MR) is 77.1 cm³/mol. The highest BCUT2D eigenvalue weighted by molar-refractivity contribution is 5.68. The van der Waals surface area contributed by atoms with Crippen LogP contribution in [0.2, 0.25) is 0 Å². The molecule has 0 radical (unpaired) electrons. The van der Waals surface area contributed by atoms with Crippen LogP contribution in [0.4, 0.5) is 0 Å². The molecule has 0 spiro atoms. The maximum absolute atomic E-state index is 8.02. The Kier molecular flexibility index (Phi) is 1.98. The Bertz CT molecular complexity index is 818. The number of aromatic nitrogens is 1. The van der Waals surface area contributed by atoms with Gasteiger partial charge in [0.25, 0.3) is 0 Å². The van der Waals surface area contributed by atoms with Crippen LogP contribution < -0.4 is 4.74 Å². The number of ether oxygens (including phenoxy) is 1. The van der Waals surface area contributed by atoms with E-state index >= 15 is 0 Å². The first-order valence-electron chi connectivity index (χ1n) is 7.97. The van der Waals surface area contributed by atoms with Crippen molar-refractivity contribution in [2.75, 3.05) is 0 Å². The standard InChI is InChI=1S/C17H15NO/c1-3-13-14-8-4-5-10-16(14)19-17(13)12(2)15-9-6-7-11-18-15/h3-11,13,17H,1-2H2/i6D,7D,9D,11D. The van der Waals surface area contributed by atoms with Crippen molar-refractivity contribution in [2.45, 2.75) is 12.0 Å². The highest BCUT2D eigenvalue weighted by Crippen LogP contribution is 2.42. The van der Waals surface area contributed by atoms with Gasteiger partial charge in [-0.2, -0.15) is 0 Å². The maximum Gasteiger partial charge on any atom is 0.136 e. The third-order valence-corrected chi connectivity index (χ3v) is 3.23. The summed E-state index contributed by atoms with van der Waals surface area (Å²) in [7, 11) is 0. The van der Waals surface area contributed by atoms with Gasteiger partial charge >= 0.3 is 0 Å². The van der Waals surface area contributed by atoms with Crippen LogP contribution >= 0.6 is 0 Å². The Morgan fingerprint density at radius 3 is 3.05 bits per heavy atom. The molecule has 0 fully saturated rings. The quantitative estimate of drug-likeness (QED) is 0.776. The number of hydrogen-bond donors (Lipinski definition) is 0. The molecule has 1 aromatic heterocycles. The first-order valence-corrected chi connectivity index (χ1v) is 5.97. The van der Waals surface area contributed by atoms with Gasteiger partial charge in [-0.05, 0) is 18.2 Å². The van der Waals surface area contributed by atoms with Gasteiger partial charge in [-0.3, -0.25) is 4.98 Å². The van der Waals surface area contributed by atoms with Crippen LogP contribution in [0.1, 0.15) is 22.7 Å². The Balaban J connectivity index is 2.04. The monoisotopic (exact) mass is 253 g/mol. The molecule has 1 aliphatic heterocycles. The highest BCUT2D eigenvalue weighted by atomic mass is 16.5. The molecule has 2 atom stereocenters. The van der Waals surface area contributed by atoms with Crippen LogP contribution in [0, 0.1) is 0 Å². The number of pyridine rings is 1. The second-order valence-electron chi connectivity index (χ2n) is 4.31. The van der Waals surface area contributed by atoms with Crippen molar-refractivity contribution in [1.82, 2.24) is 4.98 Å². The number of nitrogens with zero attached hydrogens (tertiary/aromatic N) is 1. The summed E-state index contributed by atoms with van der Waals surface area (Å²) in [4.78, 5) is 3.97. The summed E-state index contributed by atoms with van der Waals surface area (Å²) in [5, 5.41) is 0. The first-order chi connectivity index (χ1) is 11.0. The zero-order valence-electron chi connectivity index (χ0n) is 14.3. The average molecular weight is 253 g/mol. The van der Waals surface area contributed by atoms with Gasteiger partial charge in [0.1, 0.15) is 11.9 Å². The van der Waals surface area contributed by atoms with Gasteiger partial charge in [0.2, 0.25) is 0 Å². The molecule has 0 bridgehead atoms. The van der Waals surface area contributed by atoms with Crippen LogP contribution in [0.15, 0.2) is 67.8 Å². The van der Waals surface area contributed by atoms with E-state index in [-0.39, 0.29) is 35.9 Å². The topological polar surface area (TPSA) is 22.1 Å². The fraction of sp³-hybridized carbons (Fsp3) is 0.118. The van der Waals surface area contributed by atoms with E-state index in [9.17, 15) is 0 Å². The minimum absolute atomic E-state index is 0.126. The van der Waals surface area contributed by atoms with Crippen molar-refractivity contribution in [3.8, 4) is 5.75 Å². The molecule has 0 aliphatic carbocycles. The molecule has 0 saturated heterocycles. The molecule has 2 aromatic rings. The molecule has 2 heterocycles. The minimum Gasteiger partial charge on any atom is -0.484 e. The predicted octanol–water partition coefficient (Wildman–Crippen LogP) is 3.83. The lowest BCUT2D eigenvalue weighted by Gasteiger charge is -2.18. The third kappa shape index (κ3) is 1.95. The van der Waals surface area contributed by atoms with E-state index in [0.29, 0.717) is 5.57 Å². The van der Waals surface area contributed by atoms with Crippen LogP contribution in [-0.4, -0.2) is 11.1 Å². The molecule has 2 unspecified atom stereocenters. The van der Waals surface area contributed by atoms with Gasteiger partial charge in [0.05, 0.1) is 11.2 Å². The van der Waals surface area contributed by atoms with E-state index in [4.69, 9.17) is 10.2 Å². The number of benzene rings is 1. The summed E-state index contributed by atoms with van der Waals surface area (Å²) in [6.07, 6.45) is 0.928. The van der Waals surface area contributed by atoms with Gasteiger partial charge in [0, 0.05) is 23.2 Å². The summed E-state index contributed by atoms with van der Waals surface area (Å²) in [5.41, 5.74) is 1.52. The summed E-state index contributed by atoms with van der Waals surface area (Å²) in [5.74, 6) is 0.586. The average Bonchev–Trinajstić information content (AvgIpc) is 2.94. The Hall–Kier alpha value is -2.35. The van der Waals surface area contributed by atoms with Crippen molar-refractivity contribution >= 4 is 5.57 Å². The SMILES string of the molecule is [2H]c1nc(C(=C)C2Oc3ccccc3C2C=C)c([2H])c([2H])c1[2H]. The molecule has 0 N–H and O–H groups in total. The molecule has 1 aromatic carbocycles. The van der Waals surface area contributed by atoms with Crippen molar-refractivity contribution in [1.29, 1.82) is 0 Å². The van der Waals surface area contributed by atoms with E-state index in [1.807, 2.05) is 24.3 Å². The van der Waals surface area contributed by atoms with Crippen molar-refractivity contribution in [3.05, 3.63) is 79.1 Å². The molecule has 3 rings (SSSR count). The fourth-order valence-corrected chi connectivity index (χ4v) is 2.29. The Morgan fingerprint density at radius 1 is 1.37 bits per heavy atom. The van der Waals surface area contributed by atoms with E-state index in [2.05, 4.69) is 18.1 Å². The van der Waals surface area contributed by atoms with Crippen LogP contribution in [0.5, 0.6) is 5.75 Å². The molecule has 0 saturated carbocycles. The summed E-state index contributed by atoms with van der Waals surface area (Å²) >= 11 is 0. The smallest absolute Gasteiger partial charge is 0.136 e. The Labute approximate surface area is 118 Å². The number of hydrogen-bond acceptors (Lipinski definition) is 2. The highest BCUT2D eigenvalue weighted by Gasteiger charge is 2.34. The molecular formula is C17H15NO. The number of fused-ring (bicyclic) bond motifs is 1. The Morgan fingerprint density at radius 2 is 2.21 bits per heavy atom. The second-order valence-corrected chi connectivity index (χ2v) is 4.31. The van der Waals surface area contributed by atoms with Gasteiger partial charge in [0.15, 0.2) is 0 Å². The molecule has 2 nitrogen and oxygen atoms in total. The zero-order valence-corrected chi connectivity index (χ0v) is 10.3. The maximum atomic E-state index is 8.02. The molecule has 2 heteroatoms. The van der Waals surface area contributed by atoms with E-state index in [0.717, 1.165) is 11.3 Å². The zero-order chi connectivity index (χ0) is 16.7. The second kappa shape index (κ2) is 4.73.